The number of hydrogen-bond donors (Lipinski definition) is 0. The quantitative estimate of drug-likeness (QED) is 0.785. The predicted molar refractivity (Wildman–Crippen MR) is 70.7 cm³/mol. The minimum atomic E-state index is 0.173. The highest BCUT2D eigenvalue weighted by Gasteiger charge is 2.39. The fourth-order valence-electron chi connectivity index (χ4n) is 2.33. The van der Waals surface area contributed by atoms with Crippen molar-refractivity contribution < 1.29 is 9.53 Å². The van der Waals surface area contributed by atoms with Gasteiger partial charge in [-0.1, -0.05) is 15.9 Å². The number of halogens is 1. The Balaban J connectivity index is 1.87. The summed E-state index contributed by atoms with van der Waals surface area (Å²) in [5.74, 6) is 1.78. The summed E-state index contributed by atoms with van der Waals surface area (Å²) in [6.45, 7) is 1.35. The highest BCUT2D eigenvalue weighted by atomic mass is 79.9. The van der Waals surface area contributed by atoms with Gasteiger partial charge < -0.3 is 9.64 Å². The van der Waals surface area contributed by atoms with Crippen molar-refractivity contribution in [3.63, 3.8) is 0 Å². The molecule has 17 heavy (non-hydrogen) atoms. The topological polar surface area (TPSA) is 29.5 Å². The number of alkyl halides is 1. The molecule has 0 unspecified atom stereocenters. The van der Waals surface area contributed by atoms with Crippen molar-refractivity contribution in [1.82, 2.24) is 4.90 Å². The molecule has 3 nitrogen and oxygen atoms in total. The molecule has 0 bridgehead atoms. The van der Waals surface area contributed by atoms with E-state index < -0.39 is 0 Å². The fraction of sp³-hybridized carbons (Fsp3) is 0.583. The number of carbonyl (C=O) groups is 1. The number of nitrogens with zero attached hydrogens (tertiary/aromatic N) is 1. The molecular formula is C12H14BrNO2S. The molecule has 3 rings (SSSR count). The number of rotatable bonds is 2. The lowest BCUT2D eigenvalue weighted by atomic mass is 10.1. The van der Waals surface area contributed by atoms with Crippen LogP contribution in [0.15, 0.2) is 11.4 Å². The molecular weight excluding hydrogens is 302 g/mol. The van der Waals surface area contributed by atoms with Gasteiger partial charge in [0.25, 0.3) is 0 Å². The lowest BCUT2D eigenvalue weighted by Crippen LogP contribution is -2.43. The van der Waals surface area contributed by atoms with Gasteiger partial charge in [0.1, 0.15) is 12.4 Å². The van der Waals surface area contributed by atoms with Gasteiger partial charge in [-0.15, -0.1) is 11.3 Å². The van der Waals surface area contributed by atoms with Crippen molar-refractivity contribution in [2.24, 2.45) is 5.92 Å². The summed E-state index contributed by atoms with van der Waals surface area (Å²) in [5.41, 5.74) is 0. The van der Waals surface area contributed by atoms with Gasteiger partial charge in [-0.2, -0.15) is 0 Å². The Bertz CT molecular complexity index is 430. The Morgan fingerprint density at radius 2 is 2.41 bits per heavy atom. The van der Waals surface area contributed by atoms with Crippen LogP contribution in [0.25, 0.3) is 0 Å². The zero-order valence-electron chi connectivity index (χ0n) is 9.39. The van der Waals surface area contributed by atoms with Gasteiger partial charge in [0.2, 0.25) is 5.91 Å². The molecule has 2 heterocycles. The van der Waals surface area contributed by atoms with Crippen LogP contribution in [0.4, 0.5) is 0 Å². The summed E-state index contributed by atoms with van der Waals surface area (Å²) in [4.78, 5) is 15.2. The van der Waals surface area contributed by atoms with E-state index >= 15 is 0 Å². The molecule has 0 saturated heterocycles. The standard InChI is InChI=1S/C12H14BrNO2S/c13-5-12(15)14-6-11-10(3-4-17-11)16-7-9(14)8-1-2-8/h3-4,8-9H,1-2,5-7H2/t9-/m1/s1. The molecule has 92 valence electrons. The summed E-state index contributed by atoms with van der Waals surface area (Å²) >= 11 is 4.95. The lowest BCUT2D eigenvalue weighted by molar-refractivity contribution is -0.132. The highest BCUT2D eigenvalue weighted by molar-refractivity contribution is 9.09. The number of hydrogen-bond acceptors (Lipinski definition) is 3. The van der Waals surface area contributed by atoms with E-state index in [1.165, 1.54) is 17.7 Å². The van der Waals surface area contributed by atoms with E-state index in [-0.39, 0.29) is 11.9 Å². The number of carbonyl (C=O) groups excluding carboxylic acids is 1. The molecule has 1 aliphatic carbocycles. The van der Waals surface area contributed by atoms with Crippen molar-refractivity contribution in [1.29, 1.82) is 0 Å². The highest BCUT2D eigenvalue weighted by Crippen LogP contribution is 2.39. The van der Waals surface area contributed by atoms with E-state index in [0.29, 0.717) is 24.4 Å². The summed E-state index contributed by atoms with van der Waals surface area (Å²) in [6.07, 6.45) is 2.46. The largest absolute Gasteiger partial charge is 0.490 e. The van der Waals surface area contributed by atoms with E-state index in [9.17, 15) is 4.79 Å². The SMILES string of the molecule is O=C(CBr)N1Cc2sccc2OC[C@@H]1C1CC1. The Labute approximate surface area is 113 Å². The molecule has 0 radical (unpaired) electrons. The molecule has 5 heteroatoms. The first kappa shape index (κ1) is 11.5. The molecule has 1 saturated carbocycles. The molecule has 0 N–H and O–H groups in total. The van der Waals surface area contributed by atoms with Crippen LogP contribution in [-0.4, -0.2) is 28.8 Å². The van der Waals surface area contributed by atoms with E-state index in [1.54, 1.807) is 11.3 Å². The minimum Gasteiger partial charge on any atom is -0.490 e. The average Bonchev–Trinajstić information content (AvgIpc) is 3.11. The van der Waals surface area contributed by atoms with Crippen LogP contribution in [0.3, 0.4) is 0 Å². The smallest absolute Gasteiger partial charge is 0.233 e. The number of fused-ring (bicyclic) bond motifs is 1. The zero-order valence-corrected chi connectivity index (χ0v) is 11.8. The van der Waals surface area contributed by atoms with Crippen molar-refractivity contribution in [3.8, 4) is 5.75 Å². The zero-order chi connectivity index (χ0) is 11.8. The Hall–Kier alpha value is -0.550. The summed E-state index contributed by atoms with van der Waals surface area (Å²) in [6, 6.07) is 2.27. The van der Waals surface area contributed by atoms with E-state index in [2.05, 4.69) is 15.9 Å². The van der Waals surface area contributed by atoms with Crippen molar-refractivity contribution in [3.05, 3.63) is 16.3 Å². The van der Waals surface area contributed by atoms with Crippen LogP contribution < -0.4 is 4.74 Å². The number of ether oxygens (including phenoxy) is 1. The third-order valence-corrected chi connectivity index (χ3v) is 4.80. The molecule has 1 aromatic rings. The molecule has 1 amide bonds. The van der Waals surface area contributed by atoms with Crippen LogP contribution in [0, 0.1) is 5.92 Å². The van der Waals surface area contributed by atoms with Gasteiger partial charge in [0.15, 0.2) is 0 Å². The fourth-order valence-corrected chi connectivity index (χ4v) is 3.47. The normalized spacial score (nSPS) is 23.8. The van der Waals surface area contributed by atoms with E-state index in [1.807, 2.05) is 16.3 Å². The number of thiophene rings is 1. The minimum absolute atomic E-state index is 0.173. The van der Waals surface area contributed by atoms with E-state index in [4.69, 9.17) is 4.74 Å². The second-order valence-corrected chi connectivity index (χ2v) is 6.14. The van der Waals surface area contributed by atoms with Crippen molar-refractivity contribution >= 4 is 33.2 Å². The maximum Gasteiger partial charge on any atom is 0.233 e. The Morgan fingerprint density at radius 3 is 3.12 bits per heavy atom. The third kappa shape index (κ3) is 2.22. The van der Waals surface area contributed by atoms with E-state index in [0.717, 1.165) is 5.75 Å². The summed E-state index contributed by atoms with van der Waals surface area (Å²) < 4.78 is 5.83. The average molecular weight is 316 g/mol. The van der Waals surface area contributed by atoms with Crippen LogP contribution in [0.2, 0.25) is 0 Å². The van der Waals surface area contributed by atoms with Gasteiger partial charge >= 0.3 is 0 Å². The second-order valence-electron chi connectivity index (χ2n) is 4.58. The van der Waals surface area contributed by atoms with Crippen LogP contribution >= 0.6 is 27.3 Å². The van der Waals surface area contributed by atoms with Gasteiger partial charge in [0.05, 0.1) is 22.8 Å². The first-order chi connectivity index (χ1) is 8.29. The maximum atomic E-state index is 12.0. The molecule has 0 spiro atoms. The summed E-state index contributed by atoms with van der Waals surface area (Å²) in [7, 11) is 0. The predicted octanol–water partition coefficient (Wildman–Crippen LogP) is 2.64. The molecule has 1 fully saturated rings. The van der Waals surface area contributed by atoms with Gasteiger partial charge in [0, 0.05) is 0 Å². The van der Waals surface area contributed by atoms with Gasteiger partial charge in [-0.3, -0.25) is 4.79 Å². The third-order valence-electron chi connectivity index (χ3n) is 3.43. The maximum absolute atomic E-state index is 12.0. The second kappa shape index (κ2) is 4.61. The van der Waals surface area contributed by atoms with Crippen LogP contribution in [0.1, 0.15) is 17.7 Å². The Morgan fingerprint density at radius 1 is 1.59 bits per heavy atom. The van der Waals surface area contributed by atoms with Crippen LogP contribution in [-0.2, 0) is 11.3 Å². The van der Waals surface area contributed by atoms with Gasteiger partial charge in [-0.25, -0.2) is 0 Å². The molecule has 2 aliphatic rings. The Kier molecular flexibility index (Phi) is 3.13. The first-order valence-corrected chi connectivity index (χ1v) is 7.84. The van der Waals surface area contributed by atoms with Crippen molar-refractivity contribution in [2.75, 3.05) is 11.9 Å². The molecule has 1 aromatic heterocycles. The molecule has 0 aromatic carbocycles. The van der Waals surface area contributed by atoms with Gasteiger partial charge in [-0.05, 0) is 30.2 Å². The van der Waals surface area contributed by atoms with Crippen LogP contribution in [0.5, 0.6) is 5.75 Å². The van der Waals surface area contributed by atoms with Crippen molar-refractivity contribution in [2.45, 2.75) is 25.4 Å². The number of amides is 1. The monoisotopic (exact) mass is 315 g/mol. The molecule has 1 aliphatic heterocycles. The molecule has 1 atom stereocenters. The summed E-state index contributed by atoms with van der Waals surface area (Å²) in [5, 5.41) is 2.43. The first-order valence-electron chi connectivity index (χ1n) is 5.84. The lowest BCUT2D eigenvalue weighted by Gasteiger charge is -2.28.